The van der Waals surface area contributed by atoms with Crippen LogP contribution in [-0.4, -0.2) is 23.2 Å². The first-order valence-corrected chi connectivity index (χ1v) is 10.8. The molecule has 0 saturated carbocycles. The monoisotopic (exact) mass is 466 g/mol. The quantitative estimate of drug-likeness (QED) is 0.450. The Morgan fingerprint density at radius 3 is 2.53 bits per heavy atom. The van der Waals surface area contributed by atoms with Crippen LogP contribution in [0.1, 0.15) is 34.4 Å². The molecule has 3 aromatic rings. The minimum Gasteiger partial charge on any atom is -0.496 e. The lowest BCUT2D eigenvalue weighted by Crippen LogP contribution is -2.25. The van der Waals surface area contributed by atoms with Gasteiger partial charge in [-0.05, 0) is 83.6 Å². The van der Waals surface area contributed by atoms with Crippen molar-refractivity contribution in [2.75, 3.05) is 18.6 Å². The number of aryl methyl sites for hydroxylation is 4. The van der Waals surface area contributed by atoms with Crippen LogP contribution in [0.2, 0.25) is 0 Å². The van der Waals surface area contributed by atoms with Gasteiger partial charge in [0.25, 0.3) is 0 Å². The summed E-state index contributed by atoms with van der Waals surface area (Å²) in [6, 6.07) is 12.8. The highest BCUT2D eigenvalue weighted by molar-refractivity contribution is 9.10. The Labute approximate surface area is 187 Å². The molecular weight excluding hydrogens is 440 g/mol. The number of imidazole rings is 1. The number of rotatable bonds is 8. The second-order valence-corrected chi connectivity index (χ2v) is 8.41. The van der Waals surface area contributed by atoms with E-state index >= 15 is 0 Å². The smallest absolute Gasteiger partial charge is 0.133 e. The van der Waals surface area contributed by atoms with Crippen molar-refractivity contribution in [1.29, 1.82) is 5.26 Å². The first-order valence-electron chi connectivity index (χ1n) is 9.96. The third kappa shape index (κ3) is 5.03. The zero-order valence-electron chi connectivity index (χ0n) is 17.9. The summed E-state index contributed by atoms with van der Waals surface area (Å²) < 4.78 is 8.44. The lowest BCUT2D eigenvalue weighted by molar-refractivity contribution is 0.411. The first-order chi connectivity index (χ1) is 14.4. The van der Waals surface area contributed by atoms with Crippen LogP contribution < -0.4 is 9.64 Å². The maximum absolute atomic E-state index is 9.41. The Morgan fingerprint density at radius 1 is 1.20 bits per heavy atom. The summed E-state index contributed by atoms with van der Waals surface area (Å²) in [4.78, 5) is 6.63. The molecule has 30 heavy (non-hydrogen) atoms. The molecule has 0 aliphatic carbocycles. The first kappa shape index (κ1) is 21.9. The lowest BCUT2D eigenvalue weighted by atomic mass is 10.0. The number of nitriles is 1. The van der Waals surface area contributed by atoms with Gasteiger partial charge in [0.15, 0.2) is 0 Å². The third-order valence-electron chi connectivity index (χ3n) is 5.37. The molecule has 0 unspecified atom stereocenters. The van der Waals surface area contributed by atoms with Crippen LogP contribution in [0.15, 0.2) is 47.3 Å². The standard InChI is InChI=1S/C24H27BrN4O/c1-17-10-20(11-18(2)22(17)13-26)29(15-21-14-27-16-28(21)3)9-5-6-19-7-8-23(25)24(12-19)30-4/h7-8,10-12,14,16H,5-6,9,15H2,1-4H3. The molecule has 5 nitrogen and oxygen atoms in total. The molecule has 0 amide bonds. The Morgan fingerprint density at radius 2 is 1.93 bits per heavy atom. The van der Waals surface area contributed by atoms with Crippen molar-refractivity contribution in [3.63, 3.8) is 0 Å². The van der Waals surface area contributed by atoms with E-state index in [4.69, 9.17) is 4.74 Å². The molecule has 3 rings (SSSR count). The Bertz CT molecular complexity index is 1040. The van der Waals surface area contributed by atoms with Crippen molar-refractivity contribution in [3.05, 3.63) is 75.3 Å². The fourth-order valence-electron chi connectivity index (χ4n) is 3.67. The van der Waals surface area contributed by atoms with Gasteiger partial charge in [0.2, 0.25) is 0 Å². The van der Waals surface area contributed by atoms with Gasteiger partial charge in [0.05, 0.1) is 41.8 Å². The van der Waals surface area contributed by atoms with Gasteiger partial charge >= 0.3 is 0 Å². The van der Waals surface area contributed by atoms with Gasteiger partial charge in [0, 0.05) is 25.5 Å². The van der Waals surface area contributed by atoms with Crippen LogP contribution in [0, 0.1) is 25.2 Å². The number of benzene rings is 2. The second kappa shape index (κ2) is 9.82. The second-order valence-electron chi connectivity index (χ2n) is 7.56. The zero-order chi connectivity index (χ0) is 21.7. The van der Waals surface area contributed by atoms with E-state index in [9.17, 15) is 5.26 Å². The van der Waals surface area contributed by atoms with Crippen molar-refractivity contribution >= 4 is 21.6 Å². The molecule has 0 aliphatic heterocycles. The summed E-state index contributed by atoms with van der Waals surface area (Å²) >= 11 is 3.51. The molecule has 1 heterocycles. The topological polar surface area (TPSA) is 54.1 Å². The molecule has 1 aromatic heterocycles. The molecule has 0 bridgehead atoms. The number of hydrogen-bond acceptors (Lipinski definition) is 4. The van der Waals surface area contributed by atoms with E-state index in [2.05, 4.69) is 60.7 Å². The number of nitrogens with zero attached hydrogens (tertiary/aromatic N) is 4. The summed E-state index contributed by atoms with van der Waals surface area (Å²) in [5.74, 6) is 0.859. The molecule has 6 heteroatoms. The van der Waals surface area contributed by atoms with E-state index in [0.717, 1.165) is 64.2 Å². The van der Waals surface area contributed by atoms with Crippen LogP contribution in [0.4, 0.5) is 5.69 Å². The lowest BCUT2D eigenvalue weighted by Gasteiger charge is -2.26. The van der Waals surface area contributed by atoms with E-state index in [1.54, 1.807) is 7.11 Å². The molecule has 0 saturated heterocycles. The summed E-state index contributed by atoms with van der Waals surface area (Å²) in [7, 11) is 3.71. The van der Waals surface area contributed by atoms with Crippen LogP contribution in [0.5, 0.6) is 5.75 Å². The minimum atomic E-state index is 0.765. The fourth-order valence-corrected chi connectivity index (χ4v) is 4.07. The summed E-state index contributed by atoms with van der Waals surface area (Å²) in [6.07, 6.45) is 5.70. The predicted molar refractivity (Wildman–Crippen MR) is 124 cm³/mol. The molecule has 0 spiro atoms. The molecular formula is C24H27BrN4O. The molecule has 0 aliphatic rings. The van der Waals surface area contributed by atoms with Gasteiger partial charge in [-0.1, -0.05) is 6.07 Å². The Kier molecular flexibility index (Phi) is 7.17. The summed E-state index contributed by atoms with van der Waals surface area (Å²) in [5.41, 5.74) is 6.34. The SMILES string of the molecule is COc1cc(CCCN(Cc2cncn2C)c2cc(C)c(C#N)c(C)c2)ccc1Br. The maximum atomic E-state index is 9.41. The largest absolute Gasteiger partial charge is 0.496 e. The van der Waals surface area contributed by atoms with Crippen molar-refractivity contribution < 1.29 is 4.74 Å². The van der Waals surface area contributed by atoms with Gasteiger partial charge in [0.1, 0.15) is 5.75 Å². The van der Waals surface area contributed by atoms with E-state index < -0.39 is 0 Å². The molecule has 0 atom stereocenters. The Balaban J connectivity index is 1.80. The van der Waals surface area contributed by atoms with E-state index in [1.165, 1.54) is 5.56 Å². The average Bonchev–Trinajstić information content (AvgIpc) is 3.12. The zero-order valence-corrected chi connectivity index (χ0v) is 19.5. The van der Waals surface area contributed by atoms with E-state index in [-0.39, 0.29) is 0 Å². The highest BCUT2D eigenvalue weighted by Crippen LogP contribution is 2.27. The predicted octanol–water partition coefficient (Wildman–Crippen LogP) is 5.32. The number of anilines is 1. The van der Waals surface area contributed by atoms with Crippen molar-refractivity contribution in [1.82, 2.24) is 9.55 Å². The number of aromatic nitrogens is 2. The molecule has 0 N–H and O–H groups in total. The van der Waals surface area contributed by atoms with Gasteiger partial charge in [-0.2, -0.15) is 5.26 Å². The van der Waals surface area contributed by atoms with Crippen LogP contribution in [0.3, 0.4) is 0 Å². The Hall–Kier alpha value is -2.78. The highest BCUT2D eigenvalue weighted by atomic mass is 79.9. The fraction of sp³-hybridized carbons (Fsp3) is 0.333. The number of methoxy groups -OCH3 is 1. The van der Waals surface area contributed by atoms with Crippen molar-refractivity contribution in [3.8, 4) is 11.8 Å². The van der Waals surface area contributed by atoms with E-state index in [1.807, 2.05) is 39.5 Å². The van der Waals surface area contributed by atoms with Crippen molar-refractivity contribution in [2.45, 2.75) is 33.2 Å². The highest BCUT2D eigenvalue weighted by Gasteiger charge is 2.13. The number of hydrogen-bond donors (Lipinski definition) is 0. The van der Waals surface area contributed by atoms with Gasteiger partial charge in [-0.25, -0.2) is 4.98 Å². The molecule has 0 fully saturated rings. The van der Waals surface area contributed by atoms with E-state index in [0.29, 0.717) is 0 Å². The number of ether oxygens (including phenoxy) is 1. The molecule has 156 valence electrons. The van der Waals surface area contributed by atoms with Crippen LogP contribution >= 0.6 is 15.9 Å². The van der Waals surface area contributed by atoms with Gasteiger partial charge < -0.3 is 14.2 Å². The van der Waals surface area contributed by atoms with Crippen LogP contribution in [-0.2, 0) is 20.0 Å². The molecule has 2 aromatic carbocycles. The molecule has 0 radical (unpaired) electrons. The van der Waals surface area contributed by atoms with Crippen molar-refractivity contribution in [2.24, 2.45) is 7.05 Å². The van der Waals surface area contributed by atoms with Gasteiger partial charge in [-0.15, -0.1) is 0 Å². The summed E-state index contributed by atoms with van der Waals surface area (Å²) in [5, 5.41) is 9.41. The summed E-state index contributed by atoms with van der Waals surface area (Å²) in [6.45, 7) is 5.68. The number of halogens is 1. The third-order valence-corrected chi connectivity index (χ3v) is 6.03. The van der Waals surface area contributed by atoms with Gasteiger partial charge in [-0.3, -0.25) is 0 Å². The van der Waals surface area contributed by atoms with Crippen LogP contribution in [0.25, 0.3) is 0 Å². The maximum Gasteiger partial charge on any atom is 0.133 e. The normalized spacial score (nSPS) is 10.7. The average molecular weight is 467 g/mol. The minimum absolute atomic E-state index is 0.765.